The number of aromatic amines is 1. The lowest BCUT2D eigenvalue weighted by Crippen LogP contribution is -2.11. The molecule has 0 aromatic carbocycles. The van der Waals surface area contributed by atoms with E-state index in [-0.39, 0.29) is 17.0 Å². The van der Waals surface area contributed by atoms with Crippen LogP contribution in [0.2, 0.25) is 0 Å². The topological polar surface area (TPSA) is 78.9 Å². The van der Waals surface area contributed by atoms with Crippen LogP contribution < -0.4 is 5.56 Å². The van der Waals surface area contributed by atoms with Crippen molar-refractivity contribution in [2.75, 3.05) is 0 Å². The summed E-state index contributed by atoms with van der Waals surface area (Å²) in [5.41, 5.74) is 1.52. The maximum atomic E-state index is 11.3. The van der Waals surface area contributed by atoms with Gasteiger partial charge >= 0.3 is 0 Å². The quantitative estimate of drug-likeness (QED) is 0.731. The zero-order chi connectivity index (χ0) is 10.1. The van der Waals surface area contributed by atoms with Crippen molar-refractivity contribution >= 4 is 11.3 Å². The molecule has 0 aliphatic heterocycles. The highest BCUT2D eigenvalue weighted by molar-refractivity contribution is 7.13. The Bertz CT molecular complexity index is 504. The zero-order valence-corrected chi connectivity index (χ0v) is 8.13. The number of nitrogens with one attached hydrogen (secondary N) is 1. The Labute approximate surface area is 83.1 Å². The summed E-state index contributed by atoms with van der Waals surface area (Å²) in [6.45, 7) is 1.51. The summed E-state index contributed by atoms with van der Waals surface area (Å²) in [4.78, 5) is 22.3. The van der Waals surface area contributed by atoms with Crippen molar-refractivity contribution in [2.24, 2.45) is 0 Å². The van der Waals surface area contributed by atoms with Gasteiger partial charge in [0.15, 0.2) is 5.82 Å². The molecule has 2 rings (SSSR count). The van der Waals surface area contributed by atoms with E-state index in [1.54, 1.807) is 11.7 Å². The van der Waals surface area contributed by atoms with Gasteiger partial charge in [-0.2, -0.15) is 4.98 Å². The molecule has 5 nitrogen and oxygen atoms in total. The van der Waals surface area contributed by atoms with E-state index in [1.807, 2.05) is 0 Å². The predicted octanol–water partition coefficient (Wildman–Crippen LogP) is 0.907. The fraction of sp³-hybridized carbons (Fsp3) is 0.125. The molecule has 0 aliphatic rings. The van der Waals surface area contributed by atoms with Crippen LogP contribution in [-0.4, -0.2) is 20.1 Å². The van der Waals surface area contributed by atoms with Crippen molar-refractivity contribution < 1.29 is 5.11 Å². The van der Waals surface area contributed by atoms with Crippen LogP contribution in [0.3, 0.4) is 0 Å². The second-order valence-corrected chi connectivity index (χ2v) is 3.62. The summed E-state index contributed by atoms with van der Waals surface area (Å²) >= 11 is 1.34. The number of aromatic nitrogens is 3. The van der Waals surface area contributed by atoms with E-state index in [9.17, 15) is 9.90 Å². The molecule has 14 heavy (non-hydrogen) atoms. The molecule has 0 aliphatic carbocycles. The van der Waals surface area contributed by atoms with E-state index in [4.69, 9.17) is 0 Å². The first kappa shape index (κ1) is 8.89. The molecule has 2 heterocycles. The molecule has 0 unspecified atom stereocenters. The van der Waals surface area contributed by atoms with Gasteiger partial charge in [0.2, 0.25) is 5.88 Å². The molecule has 0 spiro atoms. The monoisotopic (exact) mass is 209 g/mol. The Morgan fingerprint density at radius 3 is 2.93 bits per heavy atom. The van der Waals surface area contributed by atoms with Gasteiger partial charge in [0.05, 0.1) is 16.0 Å². The summed E-state index contributed by atoms with van der Waals surface area (Å²) in [6, 6.07) is 0. The maximum Gasteiger partial charge on any atom is 0.257 e. The molecule has 0 amide bonds. The summed E-state index contributed by atoms with van der Waals surface area (Å²) in [6.07, 6.45) is 1.58. The Hall–Kier alpha value is -1.69. The van der Waals surface area contributed by atoms with Gasteiger partial charge < -0.3 is 10.1 Å². The molecule has 6 heteroatoms. The molecule has 0 fully saturated rings. The van der Waals surface area contributed by atoms with Crippen LogP contribution in [0.4, 0.5) is 0 Å². The van der Waals surface area contributed by atoms with E-state index in [0.29, 0.717) is 5.82 Å². The molecule has 0 saturated heterocycles. The third kappa shape index (κ3) is 1.39. The Balaban J connectivity index is 2.63. The van der Waals surface area contributed by atoms with Gasteiger partial charge in [-0.3, -0.25) is 9.78 Å². The van der Waals surface area contributed by atoms with Crippen molar-refractivity contribution in [3.05, 3.63) is 27.6 Å². The molecule has 0 radical (unpaired) electrons. The lowest BCUT2D eigenvalue weighted by molar-refractivity contribution is 0.447. The smallest absolute Gasteiger partial charge is 0.257 e. The van der Waals surface area contributed by atoms with Crippen LogP contribution in [-0.2, 0) is 0 Å². The third-order valence-corrected chi connectivity index (χ3v) is 2.57. The van der Waals surface area contributed by atoms with E-state index in [1.165, 1.54) is 18.3 Å². The van der Waals surface area contributed by atoms with Crippen molar-refractivity contribution in [1.82, 2.24) is 15.0 Å². The minimum atomic E-state index is -0.332. The fourth-order valence-corrected chi connectivity index (χ4v) is 1.54. The number of aromatic hydroxyl groups is 1. The number of rotatable bonds is 1. The minimum absolute atomic E-state index is 0.221. The van der Waals surface area contributed by atoms with Crippen molar-refractivity contribution in [2.45, 2.75) is 6.92 Å². The van der Waals surface area contributed by atoms with Crippen LogP contribution in [0.25, 0.3) is 10.7 Å². The highest BCUT2D eigenvalue weighted by Gasteiger charge is 2.08. The highest BCUT2D eigenvalue weighted by Crippen LogP contribution is 2.20. The summed E-state index contributed by atoms with van der Waals surface area (Å²) in [5.74, 6) is 0.109. The molecule has 2 aromatic heterocycles. The molecule has 2 aromatic rings. The molecule has 0 atom stereocenters. The third-order valence-electron chi connectivity index (χ3n) is 1.79. The molecule has 72 valence electrons. The number of nitrogens with zero attached hydrogens (tertiary/aromatic N) is 2. The van der Waals surface area contributed by atoms with Gasteiger partial charge in [-0.05, 0) is 6.92 Å². The van der Waals surface area contributed by atoms with Crippen LogP contribution >= 0.6 is 11.3 Å². The SMILES string of the molecule is Cc1c(O)nc(-c2cncs2)[nH]c1=O. The van der Waals surface area contributed by atoms with Gasteiger partial charge in [-0.15, -0.1) is 11.3 Å². The molecule has 0 saturated carbocycles. The van der Waals surface area contributed by atoms with E-state index in [0.717, 1.165) is 4.88 Å². The van der Waals surface area contributed by atoms with Crippen LogP contribution in [0.1, 0.15) is 5.56 Å². The number of hydrogen-bond acceptors (Lipinski definition) is 5. The minimum Gasteiger partial charge on any atom is -0.493 e. The largest absolute Gasteiger partial charge is 0.493 e. The zero-order valence-electron chi connectivity index (χ0n) is 7.31. The molecule has 0 bridgehead atoms. The maximum absolute atomic E-state index is 11.3. The first-order chi connectivity index (χ1) is 6.68. The van der Waals surface area contributed by atoms with Gasteiger partial charge in [-0.1, -0.05) is 0 Å². The van der Waals surface area contributed by atoms with E-state index in [2.05, 4.69) is 15.0 Å². The molecular weight excluding hydrogens is 202 g/mol. The predicted molar refractivity (Wildman–Crippen MR) is 52.4 cm³/mol. The van der Waals surface area contributed by atoms with Crippen molar-refractivity contribution in [3.8, 4) is 16.6 Å². The van der Waals surface area contributed by atoms with Gasteiger partial charge in [0, 0.05) is 6.20 Å². The van der Waals surface area contributed by atoms with Crippen LogP contribution in [0.5, 0.6) is 5.88 Å². The van der Waals surface area contributed by atoms with Gasteiger partial charge in [0.1, 0.15) is 0 Å². The second kappa shape index (κ2) is 3.22. The lowest BCUT2D eigenvalue weighted by Gasteiger charge is -1.99. The average Bonchev–Trinajstić information content (AvgIpc) is 2.66. The first-order valence-electron chi connectivity index (χ1n) is 3.87. The number of thiazole rings is 1. The second-order valence-electron chi connectivity index (χ2n) is 2.73. The normalized spacial score (nSPS) is 10.4. The van der Waals surface area contributed by atoms with Crippen LogP contribution in [0.15, 0.2) is 16.5 Å². The fourth-order valence-electron chi connectivity index (χ4n) is 0.970. The average molecular weight is 209 g/mol. The van der Waals surface area contributed by atoms with Crippen LogP contribution in [0, 0.1) is 6.92 Å². The summed E-state index contributed by atoms with van der Waals surface area (Å²) < 4.78 is 0. The van der Waals surface area contributed by atoms with E-state index < -0.39 is 0 Å². The Kier molecular flexibility index (Phi) is 2.05. The van der Waals surface area contributed by atoms with Gasteiger partial charge in [-0.25, -0.2) is 0 Å². The summed E-state index contributed by atoms with van der Waals surface area (Å²) in [5, 5.41) is 9.33. The Morgan fingerprint density at radius 2 is 2.36 bits per heavy atom. The number of hydrogen-bond donors (Lipinski definition) is 2. The summed E-state index contributed by atoms with van der Waals surface area (Å²) in [7, 11) is 0. The van der Waals surface area contributed by atoms with Crippen molar-refractivity contribution in [3.63, 3.8) is 0 Å². The van der Waals surface area contributed by atoms with Crippen molar-refractivity contribution in [1.29, 1.82) is 0 Å². The first-order valence-corrected chi connectivity index (χ1v) is 4.75. The standard InChI is InChI=1S/C8H7N3O2S/c1-4-7(12)10-6(11-8(4)13)5-2-9-3-14-5/h2-3H,1H3,(H2,10,11,12,13). The Morgan fingerprint density at radius 1 is 1.57 bits per heavy atom. The molecule has 2 N–H and O–H groups in total. The highest BCUT2D eigenvalue weighted by atomic mass is 32.1. The van der Waals surface area contributed by atoms with E-state index >= 15 is 0 Å². The number of H-pyrrole nitrogens is 1. The molecular formula is C8H7N3O2S. The van der Waals surface area contributed by atoms with Gasteiger partial charge in [0.25, 0.3) is 5.56 Å². The lowest BCUT2D eigenvalue weighted by atomic mass is 10.3.